The monoisotopic (exact) mass is 278 g/mol. The molecule has 7 heteroatoms. The molecular weight excluding hydrogens is 264 g/mol. The molecule has 1 aromatic carbocycles. The second-order valence-electron chi connectivity index (χ2n) is 3.95. The molecule has 0 radical (unpaired) electrons. The zero-order chi connectivity index (χ0) is 15.1. The Labute approximate surface area is 115 Å². The Morgan fingerprint density at radius 1 is 1.45 bits per heavy atom. The Balaban J connectivity index is 3.08. The number of amides is 1. The molecule has 7 nitrogen and oxygen atoms in total. The summed E-state index contributed by atoms with van der Waals surface area (Å²) >= 11 is 0. The summed E-state index contributed by atoms with van der Waals surface area (Å²) in [5, 5.41) is 21.6. The summed E-state index contributed by atoms with van der Waals surface area (Å²) in [4.78, 5) is 33.3. The molecule has 0 fully saturated rings. The fourth-order valence-electron chi connectivity index (χ4n) is 1.49. The number of nitrogens with zero attached hydrogens (tertiary/aromatic N) is 1. The minimum atomic E-state index is -0.627. The molecule has 0 aliphatic carbocycles. The van der Waals surface area contributed by atoms with Gasteiger partial charge in [-0.3, -0.25) is 19.7 Å². The zero-order valence-electron chi connectivity index (χ0n) is 10.8. The largest absolute Gasteiger partial charge is 0.395 e. The van der Waals surface area contributed by atoms with Gasteiger partial charge in [0.15, 0.2) is 5.78 Å². The first-order valence-corrected chi connectivity index (χ1v) is 5.82. The number of nitro groups is 1. The summed E-state index contributed by atoms with van der Waals surface area (Å²) in [7, 11) is 0. The van der Waals surface area contributed by atoms with Crippen LogP contribution in [0.5, 0.6) is 0 Å². The van der Waals surface area contributed by atoms with Crippen molar-refractivity contribution < 1.29 is 19.6 Å². The molecule has 0 spiro atoms. The topological polar surface area (TPSA) is 110 Å². The standard InChI is InChI=1S/C13H14N2O5/c1-9(17)12(13(18)14-5-6-16)8-10-3-2-4-11(7-10)15(19)20/h2-4,7-8,16H,5-6H2,1H3,(H,14,18)/b12-8+. The van der Waals surface area contributed by atoms with Crippen LogP contribution in [0.2, 0.25) is 0 Å². The highest BCUT2D eigenvalue weighted by molar-refractivity contribution is 6.21. The van der Waals surface area contributed by atoms with E-state index >= 15 is 0 Å². The highest BCUT2D eigenvalue weighted by Gasteiger charge is 2.14. The maximum Gasteiger partial charge on any atom is 0.270 e. The van der Waals surface area contributed by atoms with Crippen molar-refractivity contribution in [2.45, 2.75) is 6.92 Å². The van der Waals surface area contributed by atoms with Gasteiger partial charge in [0.2, 0.25) is 0 Å². The van der Waals surface area contributed by atoms with Gasteiger partial charge >= 0.3 is 0 Å². The number of nitrogens with one attached hydrogen (secondary N) is 1. The van der Waals surface area contributed by atoms with Crippen LogP contribution in [0, 0.1) is 10.1 Å². The number of carbonyl (C=O) groups is 2. The van der Waals surface area contributed by atoms with Crippen molar-refractivity contribution in [1.82, 2.24) is 5.32 Å². The van der Waals surface area contributed by atoms with Crippen molar-refractivity contribution in [3.8, 4) is 0 Å². The van der Waals surface area contributed by atoms with Crippen LogP contribution in [0.25, 0.3) is 6.08 Å². The zero-order valence-corrected chi connectivity index (χ0v) is 10.8. The second kappa shape index (κ2) is 7.15. The Morgan fingerprint density at radius 3 is 2.70 bits per heavy atom. The number of aliphatic hydroxyl groups is 1. The number of hydrogen-bond acceptors (Lipinski definition) is 5. The number of non-ortho nitro benzene ring substituents is 1. The normalized spacial score (nSPS) is 11.0. The molecule has 0 atom stereocenters. The van der Waals surface area contributed by atoms with E-state index in [0.717, 1.165) is 0 Å². The van der Waals surface area contributed by atoms with Gasteiger partial charge in [-0.2, -0.15) is 0 Å². The number of Topliss-reactive ketones (excluding diaryl/α,β-unsaturated/α-hetero) is 1. The molecule has 0 heterocycles. The first-order valence-electron chi connectivity index (χ1n) is 5.82. The Morgan fingerprint density at radius 2 is 2.15 bits per heavy atom. The van der Waals surface area contributed by atoms with Gasteiger partial charge in [-0.15, -0.1) is 0 Å². The molecule has 2 N–H and O–H groups in total. The predicted octanol–water partition coefficient (Wildman–Crippen LogP) is 0.676. The third kappa shape index (κ3) is 4.29. The number of carbonyl (C=O) groups excluding carboxylic acids is 2. The van der Waals surface area contributed by atoms with Gasteiger partial charge in [0.25, 0.3) is 11.6 Å². The van der Waals surface area contributed by atoms with Gasteiger partial charge in [0, 0.05) is 18.7 Å². The van der Waals surface area contributed by atoms with E-state index < -0.39 is 16.6 Å². The first-order chi connectivity index (χ1) is 9.45. The lowest BCUT2D eigenvalue weighted by atomic mass is 10.1. The third-order valence-corrected chi connectivity index (χ3v) is 2.41. The summed E-state index contributed by atoms with van der Waals surface area (Å²) < 4.78 is 0. The summed E-state index contributed by atoms with van der Waals surface area (Å²) in [5.41, 5.74) is 0.125. The fourth-order valence-corrected chi connectivity index (χ4v) is 1.49. The molecule has 0 aliphatic rings. The van der Waals surface area contributed by atoms with Crippen molar-refractivity contribution in [2.75, 3.05) is 13.2 Å². The summed E-state index contributed by atoms with van der Waals surface area (Å²) in [6, 6.07) is 5.60. The number of nitro benzene ring substituents is 1. The van der Waals surface area contributed by atoms with E-state index in [1.54, 1.807) is 6.07 Å². The lowest BCUT2D eigenvalue weighted by Crippen LogP contribution is -2.30. The number of benzene rings is 1. The summed E-state index contributed by atoms with van der Waals surface area (Å²) in [6.45, 7) is 1.01. The number of ketones is 1. The number of rotatable bonds is 6. The summed E-state index contributed by atoms with van der Waals surface area (Å²) in [6.07, 6.45) is 1.28. The van der Waals surface area contributed by atoms with Crippen LogP contribution in [0.15, 0.2) is 29.8 Å². The Hall–Kier alpha value is -2.54. The van der Waals surface area contributed by atoms with Gasteiger partial charge in [-0.05, 0) is 18.6 Å². The van der Waals surface area contributed by atoms with Crippen molar-refractivity contribution in [3.05, 3.63) is 45.5 Å². The SMILES string of the molecule is CC(=O)/C(=C\c1cccc([N+](=O)[O-])c1)C(=O)NCCO. The minimum Gasteiger partial charge on any atom is -0.395 e. The molecule has 0 aromatic heterocycles. The molecular formula is C13H14N2O5. The Kier molecular flexibility index (Phi) is 5.55. The molecule has 0 aliphatic heterocycles. The van der Waals surface area contributed by atoms with Crippen LogP contribution in [0.4, 0.5) is 5.69 Å². The fraction of sp³-hybridized carbons (Fsp3) is 0.231. The number of hydrogen-bond donors (Lipinski definition) is 2. The summed E-state index contributed by atoms with van der Waals surface area (Å²) in [5.74, 6) is -1.09. The van der Waals surface area contributed by atoms with Crippen LogP contribution < -0.4 is 5.32 Å². The first kappa shape index (κ1) is 15.5. The van der Waals surface area contributed by atoms with Crippen LogP contribution in [0.1, 0.15) is 12.5 Å². The smallest absolute Gasteiger partial charge is 0.270 e. The molecule has 106 valence electrons. The molecule has 0 unspecified atom stereocenters. The highest BCUT2D eigenvalue weighted by atomic mass is 16.6. The molecule has 0 saturated heterocycles. The van der Waals surface area contributed by atoms with Crippen LogP contribution in [-0.2, 0) is 9.59 Å². The van der Waals surface area contributed by atoms with E-state index in [0.29, 0.717) is 5.56 Å². The highest BCUT2D eigenvalue weighted by Crippen LogP contribution is 2.16. The number of aliphatic hydroxyl groups excluding tert-OH is 1. The quantitative estimate of drug-likeness (QED) is 0.261. The average Bonchev–Trinajstić information content (AvgIpc) is 2.42. The van der Waals surface area contributed by atoms with E-state index in [-0.39, 0.29) is 24.4 Å². The van der Waals surface area contributed by atoms with Crippen LogP contribution in [0.3, 0.4) is 0 Å². The van der Waals surface area contributed by atoms with Gasteiger partial charge in [0.05, 0.1) is 17.1 Å². The van der Waals surface area contributed by atoms with E-state index in [9.17, 15) is 19.7 Å². The van der Waals surface area contributed by atoms with E-state index in [1.807, 2.05) is 0 Å². The van der Waals surface area contributed by atoms with E-state index in [1.165, 1.54) is 31.2 Å². The van der Waals surface area contributed by atoms with Crippen LogP contribution in [-0.4, -0.2) is 34.9 Å². The van der Waals surface area contributed by atoms with Crippen LogP contribution >= 0.6 is 0 Å². The Bertz CT molecular complexity index is 566. The van der Waals surface area contributed by atoms with Gasteiger partial charge in [0.1, 0.15) is 0 Å². The molecule has 1 aromatic rings. The maximum absolute atomic E-state index is 11.7. The minimum absolute atomic E-state index is 0.0262. The maximum atomic E-state index is 11.7. The van der Waals surface area contributed by atoms with Crippen molar-refractivity contribution in [3.63, 3.8) is 0 Å². The third-order valence-electron chi connectivity index (χ3n) is 2.41. The van der Waals surface area contributed by atoms with Crippen molar-refractivity contribution in [1.29, 1.82) is 0 Å². The van der Waals surface area contributed by atoms with Gasteiger partial charge in [-0.25, -0.2) is 0 Å². The molecule has 1 rings (SSSR count). The second-order valence-corrected chi connectivity index (χ2v) is 3.95. The molecule has 20 heavy (non-hydrogen) atoms. The van der Waals surface area contributed by atoms with Gasteiger partial charge < -0.3 is 10.4 Å². The predicted molar refractivity (Wildman–Crippen MR) is 71.8 cm³/mol. The molecule has 1 amide bonds. The van der Waals surface area contributed by atoms with E-state index in [4.69, 9.17) is 5.11 Å². The molecule has 0 saturated carbocycles. The lowest BCUT2D eigenvalue weighted by molar-refractivity contribution is -0.384. The van der Waals surface area contributed by atoms with Crippen molar-refractivity contribution >= 4 is 23.5 Å². The molecule has 0 bridgehead atoms. The van der Waals surface area contributed by atoms with Crippen molar-refractivity contribution in [2.24, 2.45) is 0 Å². The average molecular weight is 278 g/mol. The lowest BCUT2D eigenvalue weighted by Gasteiger charge is -2.05. The van der Waals surface area contributed by atoms with Gasteiger partial charge in [-0.1, -0.05) is 12.1 Å². The van der Waals surface area contributed by atoms with E-state index in [2.05, 4.69) is 5.32 Å².